The third-order valence-electron chi connectivity index (χ3n) is 5.44. The second-order valence-corrected chi connectivity index (χ2v) is 9.54. The van der Waals surface area contributed by atoms with Crippen LogP contribution in [-0.2, 0) is 16.0 Å². The van der Waals surface area contributed by atoms with E-state index in [1.807, 2.05) is 0 Å². The number of imidazole rings is 1. The van der Waals surface area contributed by atoms with Crippen molar-refractivity contribution in [3.8, 4) is 11.3 Å². The summed E-state index contributed by atoms with van der Waals surface area (Å²) in [5, 5.41) is 0. The Morgan fingerprint density at radius 3 is 2.42 bits per heavy atom. The minimum absolute atomic E-state index is 0.0203. The monoisotopic (exact) mass is 472 g/mol. The van der Waals surface area contributed by atoms with Gasteiger partial charge in [-0.3, -0.25) is 9.20 Å². The third kappa shape index (κ3) is 3.63. The van der Waals surface area contributed by atoms with Gasteiger partial charge in [-0.1, -0.05) is 24.3 Å². The van der Waals surface area contributed by atoms with Crippen molar-refractivity contribution in [3.63, 3.8) is 0 Å². The van der Waals surface area contributed by atoms with Gasteiger partial charge in [-0.15, -0.1) is 0 Å². The van der Waals surface area contributed by atoms with Crippen molar-refractivity contribution in [2.75, 3.05) is 17.2 Å². The number of hydrogen-bond acceptors (Lipinski definition) is 5. The number of amides is 1. The number of aromatic nitrogens is 3. The predicted molar refractivity (Wildman–Crippen MR) is 114 cm³/mol. The summed E-state index contributed by atoms with van der Waals surface area (Å²) in [5.41, 5.74) is 0.928. The van der Waals surface area contributed by atoms with Gasteiger partial charge >= 0.3 is 6.18 Å². The molecule has 0 radical (unpaired) electrons. The average Bonchev–Trinajstić information content (AvgIpc) is 3.22. The number of nitrogens with zero attached hydrogens (tertiary/aromatic N) is 4. The van der Waals surface area contributed by atoms with Crippen LogP contribution >= 0.6 is 0 Å². The largest absolute Gasteiger partial charge is 0.416 e. The fourth-order valence-electron chi connectivity index (χ4n) is 3.78. The van der Waals surface area contributed by atoms with Crippen LogP contribution in [0.15, 0.2) is 72.0 Å². The zero-order valence-electron chi connectivity index (χ0n) is 16.8. The van der Waals surface area contributed by atoms with Gasteiger partial charge in [-0.25, -0.2) is 18.4 Å². The van der Waals surface area contributed by atoms with Gasteiger partial charge in [0.1, 0.15) is 5.69 Å². The van der Waals surface area contributed by atoms with Gasteiger partial charge < -0.3 is 4.90 Å². The number of carbonyl (C=O) groups excluding carboxylic acids is 1. The van der Waals surface area contributed by atoms with Crippen LogP contribution in [0.25, 0.3) is 16.9 Å². The summed E-state index contributed by atoms with van der Waals surface area (Å²) in [6.45, 7) is -0.0203. The van der Waals surface area contributed by atoms with E-state index in [4.69, 9.17) is 0 Å². The molecule has 0 N–H and O–H groups in total. The van der Waals surface area contributed by atoms with Crippen LogP contribution in [0.2, 0.25) is 0 Å². The highest BCUT2D eigenvalue weighted by Gasteiger charge is 2.33. The first-order chi connectivity index (χ1) is 15.6. The summed E-state index contributed by atoms with van der Waals surface area (Å²) in [7, 11) is -3.48. The van der Waals surface area contributed by atoms with Crippen molar-refractivity contribution in [3.05, 3.63) is 78.4 Å². The van der Waals surface area contributed by atoms with Gasteiger partial charge in [0.2, 0.25) is 0 Å². The molecule has 11 heteroatoms. The Hall–Kier alpha value is -3.73. The lowest BCUT2D eigenvalue weighted by atomic mass is 10.1. The average molecular weight is 472 g/mol. The maximum atomic E-state index is 13.3. The molecule has 1 aliphatic rings. The number of fused-ring (bicyclic) bond motifs is 2. The molecule has 5 rings (SSSR count). The van der Waals surface area contributed by atoms with E-state index < -0.39 is 27.5 Å². The summed E-state index contributed by atoms with van der Waals surface area (Å²) < 4.78 is 64.9. The maximum Gasteiger partial charge on any atom is 0.416 e. The van der Waals surface area contributed by atoms with Gasteiger partial charge in [-0.2, -0.15) is 13.2 Å². The Morgan fingerprint density at radius 1 is 0.970 bits per heavy atom. The zero-order valence-corrected chi connectivity index (χ0v) is 17.6. The molecule has 0 atom stereocenters. The summed E-state index contributed by atoms with van der Waals surface area (Å²) in [4.78, 5) is 23.1. The van der Waals surface area contributed by atoms with Crippen LogP contribution in [0, 0.1) is 0 Å². The Balaban J connectivity index is 1.54. The number of carbonyl (C=O) groups is 1. The number of alkyl halides is 3. The third-order valence-corrected chi connectivity index (χ3v) is 7.18. The highest BCUT2D eigenvalue weighted by atomic mass is 32.2. The van der Waals surface area contributed by atoms with Gasteiger partial charge in [-0.05, 0) is 24.3 Å². The van der Waals surface area contributed by atoms with Gasteiger partial charge in [0.15, 0.2) is 15.5 Å². The van der Waals surface area contributed by atoms with Crippen molar-refractivity contribution in [2.24, 2.45) is 0 Å². The lowest BCUT2D eigenvalue weighted by Gasteiger charge is -2.28. The van der Waals surface area contributed by atoms with Crippen molar-refractivity contribution in [1.29, 1.82) is 0 Å². The van der Waals surface area contributed by atoms with Crippen molar-refractivity contribution >= 4 is 27.1 Å². The van der Waals surface area contributed by atoms with Gasteiger partial charge in [0.25, 0.3) is 5.91 Å². The number of hydrogen-bond donors (Lipinski definition) is 0. The molecule has 1 aliphatic heterocycles. The maximum absolute atomic E-state index is 13.3. The van der Waals surface area contributed by atoms with Crippen LogP contribution in [0.4, 0.5) is 18.9 Å². The standard InChI is InChI=1S/C22H15F3N4O3S/c23-22(24,25)15-7-5-14(6-8-15)18-11-27-20-12-26-16(13-29(18)20)21(30)28-9-10-33(31,32)19-4-2-1-3-17(19)28/h1-8,11-13H,9-10H2. The second kappa shape index (κ2) is 7.41. The Kier molecular flexibility index (Phi) is 4.74. The summed E-state index contributed by atoms with van der Waals surface area (Å²) in [6, 6.07) is 10.9. The number of benzene rings is 2. The van der Waals surface area contributed by atoms with E-state index in [0.717, 1.165) is 12.1 Å². The van der Waals surface area contributed by atoms with Crippen LogP contribution in [-0.4, -0.2) is 41.0 Å². The molecule has 0 bridgehead atoms. The molecule has 168 valence electrons. The molecular formula is C22H15F3N4O3S. The SMILES string of the molecule is O=C(c1cn2c(-c3ccc(C(F)(F)F)cc3)cnc2cn1)N1CCS(=O)(=O)c2ccccc21. The Morgan fingerprint density at radius 2 is 1.70 bits per heavy atom. The smallest absolute Gasteiger partial charge is 0.305 e. The van der Waals surface area contributed by atoms with E-state index in [1.165, 1.54) is 41.7 Å². The van der Waals surface area contributed by atoms with Crippen LogP contribution in [0.3, 0.4) is 0 Å². The van der Waals surface area contributed by atoms with Crippen molar-refractivity contribution < 1.29 is 26.4 Å². The van der Waals surface area contributed by atoms with Crippen molar-refractivity contribution in [1.82, 2.24) is 14.4 Å². The van der Waals surface area contributed by atoms with E-state index in [2.05, 4.69) is 9.97 Å². The number of sulfone groups is 1. The number of rotatable bonds is 2. The molecule has 1 amide bonds. The lowest BCUT2D eigenvalue weighted by molar-refractivity contribution is -0.137. The first-order valence-electron chi connectivity index (χ1n) is 9.79. The van der Waals surface area contributed by atoms with Crippen molar-refractivity contribution in [2.45, 2.75) is 11.1 Å². The first kappa shape index (κ1) is 21.1. The van der Waals surface area contributed by atoms with E-state index in [9.17, 15) is 26.4 Å². The summed E-state index contributed by atoms with van der Waals surface area (Å²) >= 11 is 0. The Bertz CT molecular complexity index is 1500. The molecule has 0 fully saturated rings. The van der Waals surface area contributed by atoms with Gasteiger partial charge in [0.05, 0.1) is 40.0 Å². The number of halogens is 3. The topological polar surface area (TPSA) is 84.6 Å². The molecule has 0 unspecified atom stereocenters. The quantitative estimate of drug-likeness (QED) is 0.443. The molecular weight excluding hydrogens is 457 g/mol. The highest BCUT2D eigenvalue weighted by molar-refractivity contribution is 7.91. The fraction of sp³-hybridized carbons (Fsp3) is 0.136. The molecule has 33 heavy (non-hydrogen) atoms. The van der Waals surface area contributed by atoms with Crippen LogP contribution in [0.5, 0.6) is 0 Å². The first-order valence-corrected chi connectivity index (χ1v) is 11.4. The molecule has 3 heterocycles. The lowest BCUT2D eigenvalue weighted by Crippen LogP contribution is -2.40. The fourth-order valence-corrected chi connectivity index (χ4v) is 5.20. The van der Waals surface area contributed by atoms with Gasteiger partial charge in [0, 0.05) is 18.3 Å². The molecule has 0 aliphatic carbocycles. The molecule has 0 spiro atoms. The van der Waals surface area contributed by atoms with Crippen LogP contribution < -0.4 is 4.90 Å². The van der Waals surface area contributed by atoms with E-state index in [1.54, 1.807) is 22.6 Å². The summed E-state index contributed by atoms with van der Waals surface area (Å²) in [6.07, 6.45) is -0.132. The highest BCUT2D eigenvalue weighted by Crippen LogP contribution is 2.32. The summed E-state index contributed by atoms with van der Waals surface area (Å²) in [5.74, 6) is -0.703. The molecule has 0 saturated carbocycles. The minimum Gasteiger partial charge on any atom is -0.305 e. The Labute approximate surface area is 186 Å². The molecule has 7 nitrogen and oxygen atoms in total. The number of para-hydroxylation sites is 1. The molecule has 4 aromatic rings. The van der Waals surface area contributed by atoms with E-state index in [0.29, 0.717) is 16.9 Å². The van der Waals surface area contributed by atoms with E-state index >= 15 is 0 Å². The number of anilines is 1. The second-order valence-electron chi connectivity index (χ2n) is 7.46. The molecule has 0 saturated heterocycles. The van der Waals surface area contributed by atoms with Crippen LogP contribution in [0.1, 0.15) is 16.1 Å². The zero-order chi connectivity index (χ0) is 23.4. The minimum atomic E-state index is -4.44. The van der Waals surface area contributed by atoms with E-state index in [-0.39, 0.29) is 28.6 Å². The molecule has 2 aromatic carbocycles. The predicted octanol–water partition coefficient (Wildman–Crippen LogP) is 3.85. The molecule has 2 aromatic heterocycles. The normalized spacial score (nSPS) is 15.4.